The lowest BCUT2D eigenvalue weighted by Crippen LogP contribution is -2.33. The van der Waals surface area contributed by atoms with Crippen LogP contribution in [0.1, 0.15) is 23.2 Å². The highest BCUT2D eigenvalue weighted by molar-refractivity contribution is 6.31. The van der Waals surface area contributed by atoms with Gasteiger partial charge in [0.25, 0.3) is 0 Å². The fraction of sp³-hybridized carbons (Fsp3) is 0.533. The SMILES string of the molecule is CN(CC(=O)c1cccc(Cl)c1)CC1CCOCC1. The molecule has 0 atom stereocenters. The van der Waals surface area contributed by atoms with Crippen LogP contribution in [0.3, 0.4) is 0 Å². The van der Waals surface area contributed by atoms with Crippen molar-refractivity contribution in [1.82, 2.24) is 4.90 Å². The minimum absolute atomic E-state index is 0.122. The third-order valence-corrected chi connectivity index (χ3v) is 3.71. The second-order valence-electron chi connectivity index (χ2n) is 5.19. The summed E-state index contributed by atoms with van der Waals surface area (Å²) in [5.74, 6) is 0.767. The molecular formula is C15H20ClNO2. The van der Waals surface area contributed by atoms with Crippen LogP contribution in [0, 0.1) is 5.92 Å². The number of hydrogen-bond donors (Lipinski definition) is 0. The summed E-state index contributed by atoms with van der Waals surface area (Å²) in [4.78, 5) is 14.2. The van der Waals surface area contributed by atoms with E-state index in [-0.39, 0.29) is 5.78 Å². The molecule has 1 saturated heterocycles. The maximum absolute atomic E-state index is 12.1. The third-order valence-electron chi connectivity index (χ3n) is 3.47. The van der Waals surface area contributed by atoms with Crippen LogP contribution < -0.4 is 0 Å². The maximum atomic E-state index is 12.1. The molecule has 1 fully saturated rings. The van der Waals surface area contributed by atoms with E-state index in [0.717, 1.165) is 32.6 Å². The van der Waals surface area contributed by atoms with Gasteiger partial charge in [0.15, 0.2) is 5.78 Å². The number of carbonyl (C=O) groups is 1. The van der Waals surface area contributed by atoms with Crippen LogP contribution >= 0.6 is 11.6 Å². The van der Waals surface area contributed by atoms with E-state index in [4.69, 9.17) is 16.3 Å². The molecule has 0 bridgehead atoms. The number of hydrogen-bond acceptors (Lipinski definition) is 3. The lowest BCUT2D eigenvalue weighted by atomic mass is 9.99. The standard InChI is InChI=1S/C15H20ClNO2/c1-17(10-12-5-7-19-8-6-12)11-15(18)13-3-2-4-14(16)9-13/h2-4,9,12H,5-8,10-11H2,1H3. The summed E-state index contributed by atoms with van der Waals surface area (Å²) in [7, 11) is 2.00. The second-order valence-corrected chi connectivity index (χ2v) is 5.62. The van der Waals surface area contributed by atoms with Gasteiger partial charge in [0.05, 0.1) is 6.54 Å². The van der Waals surface area contributed by atoms with Crippen molar-refractivity contribution < 1.29 is 9.53 Å². The van der Waals surface area contributed by atoms with E-state index in [0.29, 0.717) is 23.0 Å². The zero-order valence-electron chi connectivity index (χ0n) is 11.3. The van der Waals surface area contributed by atoms with Crippen LogP contribution in [-0.2, 0) is 4.74 Å². The number of ether oxygens (including phenoxy) is 1. The molecule has 0 N–H and O–H groups in total. The largest absolute Gasteiger partial charge is 0.381 e. The van der Waals surface area contributed by atoms with Crippen LogP contribution in [0.15, 0.2) is 24.3 Å². The van der Waals surface area contributed by atoms with E-state index < -0.39 is 0 Å². The average Bonchev–Trinajstić information content (AvgIpc) is 2.39. The molecule has 0 unspecified atom stereocenters. The molecule has 0 amide bonds. The number of Topliss-reactive ketones (excluding diaryl/α,β-unsaturated/α-hetero) is 1. The Kier molecular flexibility index (Phi) is 5.37. The van der Waals surface area contributed by atoms with Gasteiger partial charge in [-0.05, 0) is 37.9 Å². The van der Waals surface area contributed by atoms with Gasteiger partial charge in [-0.1, -0.05) is 23.7 Å². The van der Waals surface area contributed by atoms with Crippen LogP contribution in [0.25, 0.3) is 0 Å². The molecule has 1 heterocycles. The summed E-state index contributed by atoms with van der Waals surface area (Å²) in [6.07, 6.45) is 2.19. The quantitative estimate of drug-likeness (QED) is 0.777. The Morgan fingerprint density at radius 2 is 2.16 bits per heavy atom. The minimum atomic E-state index is 0.122. The van der Waals surface area contributed by atoms with Crippen molar-refractivity contribution in [2.75, 3.05) is 33.4 Å². The Morgan fingerprint density at radius 3 is 2.84 bits per heavy atom. The first-order valence-electron chi connectivity index (χ1n) is 6.70. The molecule has 0 radical (unpaired) electrons. The normalized spacial score (nSPS) is 16.8. The molecule has 1 aliphatic rings. The van der Waals surface area contributed by atoms with Gasteiger partial charge in [0.1, 0.15) is 0 Å². The molecule has 0 saturated carbocycles. The lowest BCUT2D eigenvalue weighted by molar-refractivity contribution is 0.0549. The molecule has 19 heavy (non-hydrogen) atoms. The number of halogens is 1. The van der Waals surface area contributed by atoms with Crippen LogP contribution in [0.4, 0.5) is 0 Å². The Labute approximate surface area is 119 Å². The average molecular weight is 282 g/mol. The Bertz CT molecular complexity index is 430. The minimum Gasteiger partial charge on any atom is -0.381 e. The summed E-state index contributed by atoms with van der Waals surface area (Å²) in [5.41, 5.74) is 0.686. The molecule has 0 aliphatic carbocycles. The van der Waals surface area contributed by atoms with E-state index in [1.165, 1.54) is 0 Å². The fourth-order valence-electron chi connectivity index (χ4n) is 2.43. The molecule has 2 rings (SSSR count). The van der Waals surface area contributed by atoms with Gasteiger partial charge in [0, 0.05) is 30.3 Å². The van der Waals surface area contributed by atoms with Crippen molar-refractivity contribution in [3.8, 4) is 0 Å². The predicted molar refractivity (Wildman–Crippen MR) is 76.8 cm³/mol. The number of ketones is 1. The van der Waals surface area contributed by atoms with Gasteiger partial charge in [-0.2, -0.15) is 0 Å². The highest BCUT2D eigenvalue weighted by atomic mass is 35.5. The molecule has 4 heteroatoms. The summed E-state index contributed by atoms with van der Waals surface area (Å²) < 4.78 is 5.34. The van der Waals surface area contributed by atoms with Crippen molar-refractivity contribution in [2.45, 2.75) is 12.8 Å². The van der Waals surface area contributed by atoms with E-state index >= 15 is 0 Å². The van der Waals surface area contributed by atoms with Crippen molar-refractivity contribution in [1.29, 1.82) is 0 Å². The molecule has 1 aromatic carbocycles. The summed E-state index contributed by atoms with van der Waals surface area (Å²) in [5, 5.41) is 0.609. The van der Waals surface area contributed by atoms with E-state index in [9.17, 15) is 4.79 Å². The summed E-state index contributed by atoms with van der Waals surface area (Å²) >= 11 is 5.90. The first-order valence-corrected chi connectivity index (χ1v) is 7.08. The highest BCUT2D eigenvalue weighted by Crippen LogP contribution is 2.16. The molecule has 104 valence electrons. The van der Waals surface area contributed by atoms with Crippen LogP contribution in [0.5, 0.6) is 0 Å². The van der Waals surface area contributed by atoms with Crippen molar-refractivity contribution in [3.05, 3.63) is 34.9 Å². The Hall–Kier alpha value is -0.900. The molecule has 1 aliphatic heterocycles. The van der Waals surface area contributed by atoms with Crippen molar-refractivity contribution >= 4 is 17.4 Å². The number of rotatable bonds is 5. The van der Waals surface area contributed by atoms with E-state index in [1.807, 2.05) is 19.2 Å². The summed E-state index contributed by atoms with van der Waals surface area (Å²) in [6.45, 7) is 3.09. The van der Waals surface area contributed by atoms with Gasteiger partial charge >= 0.3 is 0 Å². The van der Waals surface area contributed by atoms with Gasteiger partial charge in [-0.3, -0.25) is 9.69 Å². The topological polar surface area (TPSA) is 29.5 Å². The highest BCUT2D eigenvalue weighted by Gasteiger charge is 2.17. The van der Waals surface area contributed by atoms with Crippen molar-refractivity contribution in [2.24, 2.45) is 5.92 Å². The van der Waals surface area contributed by atoms with Crippen LogP contribution in [0.2, 0.25) is 5.02 Å². The fourth-order valence-corrected chi connectivity index (χ4v) is 2.62. The monoisotopic (exact) mass is 281 g/mol. The molecule has 3 nitrogen and oxygen atoms in total. The summed E-state index contributed by atoms with van der Waals surface area (Å²) in [6, 6.07) is 7.14. The number of carbonyl (C=O) groups excluding carboxylic acids is 1. The van der Waals surface area contributed by atoms with Gasteiger partial charge in [-0.15, -0.1) is 0 Å². The van der Waals surface area contributed by atoms with E-state index in [1.54, 1.807) is 12.1 Å². The van der Waals surface area contributed by atoms with Gasteiger partial charge < -0.3 is 4.74 Å². The third kappa shape index (κ3) is 4.60. The zero-order valence-corrected chi connectivity index (χ0v) is 12.0. The second kappa shape index (κ2) is 7.04. The van der Waals surface area contributed by atoms with E-state index in [2.05, 4.69) is 4.90 Å². The molecule has 0 aromatic heterocycles. The maximum Gasteiger partial charge on any atom is 0.176 e. The molecular weight excluding hydrogens is 262 g/mol. The smallest absolute Gasteiger partial charge is 0.176 e. The molecule has 0 spiro atoms. The molecule has 1 aromatic rings. The Balaban J connectivity index is 1.84. The predicted octanol–water partition coefficient (Wildman–Crippen LogP) is 2.88. The number of nitrogens with zero attached hydrogens (tertiary/aromatic N) is 1. The van der Waals surface area contributed by atoms with Crippen molar-refractivity contribution in [3.63, 3.8) is 0 Å². The van der Waals surface area contributed by atoms with Gasteiger partial charge in [0.2, 0.25) is 0 Å². The van der Waals surface area contributed by atoms with Gasteiger partial charge in [-0.25, -0.2) is 0 Å². The number of likely N-dealkylation sites (N-methyl/N-ethyl adjacent to an activating group) is 1. The number of benzene rings is 1. The van der Waals surface area contributed by atoms with Crippen LogP contribution in [-0.4, -0.2) is 44.0 Å². The zero-order chi connectivity index (χ0) is 13.7. The first-order chi connectivity index (χ1) is 9.15. The Morgan fingerprint density at radius 1 is 1.42 bits per heavy atom. The lowest BCUT2D eigenvalue weighted by Gasteiger charge is -2.26. The first kappa shape index (κ1) is 14.5.